The van der Waals surface area contributed by atoms with Crippen LogP contribution in [0, 0.1) is 0 Å². The molecule has 17 heavy (non-hydrogen) atoms. The molecule has 98 valence electrons. The Morgan fingerprint density at radius 3 is 3.00 bits per heavy atom. The lowest BCUT2D eigenvalue weighted by atomic mass is 10.1. The summed E-state index contributed by atoms with van der Waals surface area (Å²) in [6, 6.07) is 0.0562. The molecule has 0 aliphatic carbocycles. The van der Waals surface area contributed by atoms with Crippen LogP contribution in [-0.4, -0.2) is 55.9 Å². The first-order valence-electron chi connectivity index (χ1n) is 6.50. The zero-order chi connectivity index (χ0) is 12.1. The van der Waals surface area contributed by atoms with Crippen LogP contribution in [-0.2, 0) is 14.3 Å². The van der Waals surface area contributed by atoms with Gasteiger partial charge in [-0.2, -0.15) is 0 Å². The number of morpholine rings is 1. The molecule has 5 nitrogen and oxygen atoms in total. The number of carbonyl (C=O) groups excluding carboxylic acids is 1. The number of rotatable bonds is 4. The number of carbonyl (C=O) groups is 1. The van der Waals surface area contributed by atoms with E-state index >= 15 is 0 Å². The SMILES string of the molecule is NCC1COCCN1C(=O)CCC1CCCO1. The number of amides is 1. The zero-order valence-corrected chi connectivity index (χ0v) is 10.3. The van der Waals surface area contributed by atoms with Crippen molar-refractivity contribution in [2.45, 2.75) is 37.8 Å². The molecule has 2 N–H and O–H groups in total. The number of hydrogen-bond donors (Lipinski definition) is 1. The predicted molar refractivity (Wildman–Crippen MR) is 63.6 cm³/mol. The minimum Gasteiger partial charge on any atom is -0.378 e. The Balaban J connectivity index is 1.76. The Labute approximate surface area is 102 Å². The van der Waals surface area contributed by atoms with Gasteiger partial charge in [-0.25, -0.2) is 0 Å². The van der Waals surface area contributed by atoms with E-state index in [-0.39, 0.29) is 18.1 Å². The highest BCUT2D eigenvalue weighted by Gasteiger charge is 2.26. The van der Waals surface area contributed by atoms with Gasteiger partial charge in [0.05, 0.1) is 25.4 Å². The van der Waals surface area contributed by atoms with E-state index in [1.54, 1.807) is 0 Å². The van der Waals surface area contributed by atoms with Gasteiger partial charge in [0.1, 0.15) is 0 Å². The minimum atomic E-state index is 0.0562. The highest BCUT2D eigenvalue weighted by molar-refractivity contribution is 5.76. The summed E-state index contributed by atoms with van der Waals surface area (Å²) in [5.74, 6) is 0.194. The molecular formula is C12H22N2O3. The van der Waals surface area contributed by atoms with E-state index < -0.39 is 0 Å². The molecule has 0 aromatic heterocycles. The minimum absolute atomic E-state index is 0.0562. The summed E-state index contributed by atoms with van der Waals surface area (Å²) in [6.07, 6.45) is 3.92. The van der Waals surface area contributed by atoms with Crippen molar-refractivity contribution in [2.75, 3.05) is 32.9 Å². The molecule has 5 heteroatoms. The smallest absolute Gasteiger partial charge is 0.223 e. The third-order valence-corrected chi connectivity index (χ3v) is 3.52. The maximum Gasteiger partial charge on any atom is 0.223 e. The summed E-state index contributed by atoms with van der Waals surface area (Å²) in [6.45, 7) is 3.20. The fourth-order valence-electron chi connectivity index (χ4n) is 2.48. The quantitative estimate of drug-likeness (QED) is 0.761. The van der Waals surface area contributed by atoms with Gasteiger partial charge in [0.2, 0.25) is 5.91 Å². The van der Waals surface area contributed by atoms with Crippen LogP contribution >= 0.6 is 0 Å². The average molecular weight is 242 g/mol. The van der Waals surface area contributed by atoms with Crippen LogP contribution in [0.3, 0.4) is 0 Å². The van der Waals surface area contributed by atoms with Gasteiger partial charge < -0.3 is 20.1 Å². The molecule has 2 aliphatic heterocycles. The summed E-state index contributed by atoms with van der Waals surface area (Å²) in [7, 11) is 0. The summed E-state index contributed by atoms with van der Waals surface area (Å²) in [5.41, 5.74) is 5.65. The molecule has 2 fully saturated rings. The van der Waals surface area contributed by atoms with Crippen molar-refractivity contribution in [3.63, 3.8) is 0 Å². The van der Waals surface area contributed by atoms with E-state index in [0.29, 0.717) is 32.7 Å². The van der Waals surface area contributed by atoms with E-state index in [9.17, 15) is 4.79 Å². The number of nitrogens with two attached hydrogens (primary N) is 1. The van der Waals surface area contributed by atoms with Gasteiger partial charge >= 0.3 is 0 Å². The summed E-state index contributed by atoms with van der Waals surface area (Å²) in [5, 5.41) is 0. The number of nitrogens with zero attached hydrogens (tertiary/aromatic N) is 1. The summed E-state index contributed by atoms with van der Waals surface area (Å²) < 4.78 is 10.9. The van der Waals surface area contributed by atoms with Gasteiger partial charge in [-0.3, -0.25) is 4.79 Å². The van der Waals surface area contributed by atoms with Crippen molar-refractivity contribution in [3.8, 4) is 0 Å². The van der Waals surface area contributed by atoms with Gasteiger partial charge in [-0.05, 0) is 19.3 Å². The second-order valence-electron chi connectivity index (χ2n) is 4.73. The summed E-state index contributed by atoms with van der Waals surface area (Å²) in [4.78, 5) is 14.0. The maximum atomic E-state index is 12.1. The second-order valence-corrected chi connectivity index (χ2v) is 4.73. The highest BCUT2D eigenvalue weighted by atomic mass is 16.5. The molecule has 2 heterocycles. The van der Waals surface area contributed by atoms with E-state index in [1.807, 2.05) is 4.90 Å². The Morgan fingerprint density at radius 1 is 1.41 bits per heavy atom. The third-order valence-electron chi connectivity index (χ3n) is 3.52. The van der Waals surface area contributed by atoms with Gasteiger partial charge in [-0.1, -0.05) is 0 Å². The number of ether oxygens (including phenoxy) is 2. The van der Waals surface area contributed by atoms with Crippen LogP contribution in [0.5, 0.6) is 0 Å². The lowest BCUT2D eigenvalue weighted by molar-refractivity contribution is -0.140. The predicted octanol–water partition coefficient (Wildman–Crippen LogP) is 0.132. The summed E-state index contributed by atoms with van der Waals surface area (Å²) >= 11 is 0. The van der Waals surface area contributed by atoms with Gasteiger partial charge in [0, 0.05) is 26.1 Å². The van der Waals surface area contributed by atoms with Gasteiger partial charge in [0.25, 0.3) is 0 Å². The van der Waals surface area contributed by atoms with Gasteiger partial charge in [0.15, 0.2) is 0 Å². The fraction of sp³-hybridized carbons (Fsp3) is 0.917. The molecule has 0 saturated carbocycles. The molecule has 2 rings (SSSR count). The molecule has 2 atom stereocenters. The number of hydrogen-bond acceptors (Lipinski definition) is 4. The average Bonchev–Trinajstić information content (AvgIpc) is 2.89. The van der Waals surface area contributed by atoms with Crippen molar-refractivity contribution in [3.05, 3.63) is 0 Å². The molecule has 0 radical (unpaired) electrons. The first-order chi connectivity index (χ1) is 8.31. The Morgan fingerprint density at radius 2 is 2.29 bits per heavy atom. The first kappa shape index (κ1) is 12.8. The Bertz CT molecular complexity index is 254. The van der Waals surface area contributed by atoms with Gasteiger partial charge in [-0.15, -0.1) is 0 Å². The van der Waals surface area contributed by atoms with E-state index in [2.05, 4.69) is 0 Å². The maximum absolute atomic E-state index is 12.1. The Kier molecular flexibility index (Phi) is 4.76. The Hall–Kier alpha value is -0.650. The van der Waals surface area contributed by atoms with Crippen LogP contribution in [0.2, 0.25) is 0 Å². The normalized spacial score (nSPS) is 29.6. The molecular weight excluding hydrogens is 220 g/mol. The molecule has 2 unspecified atom stereocenters. The van der Waals surface area contributed by atoms with E-state index in [0.717, 1.165) is 25.9 Å². The van der Waals surface area contributed by atoms with Crippen molar-refractivity contribution in [1.82, 2.24) is 4.90 Å². The molecule has 1 amide bonds. The van der Waals surface area contributed by atoms with Crippen LogP contribution in [0.4, 0.5) is 0 Å². The zero-order valence-electron chi connectivity index (χ0n) is 10.3. The van der Waals surface area contributed by atoms with Crippen LogP contribution in [0.25, 0.3) is 0 Å². The largest absolute Gasteiger partial charge is 0.378 e. The molecule has 2 saturated heterocycles. The lowest BCUT2D eigenvalue weighted by Gasteiger charge is -2.35. The van der Waals surface area contributed by atoms with E-state index in [1.165, 1.54) is 0 Å². The standard InChI is InChI=1S/C12H22N2O3/c13-8-10-9-16-7-5-14(10)12(15)4-3-11-2-1-6-17-11/h10-11H,1-9,13H2. The first-order valence-corrected chi connectivity index (χ1v) is 6.50. The van der Waals surface area contributed by atoms with Crippen molar-refractivity contribution < 1.29 is 14.3 Å². The monoisotopic (exact) mass is 242 g/mol. The second kappa shape index (κ2) is 6.33. The van der Waals surface area contributed by atoms with Crippen LogP contribution < -0.4 is 5.73 Å². The third kappa shape index (κ3) is 3.40. The van der Waals surface area contributed by atoms with Crippen molar-refractivity contribution in [1.29, 1.82) is 0 Å². The molecule has 0 spiro atoms. The van der Waals surface area contributed by atoms with Crippen molar-refractivity contribution in [2.24, 2.45) is 5.73 Å². The lowest BCUT2D eigenvalue weighted by Crippen LogP contribution is -2.52. The van der Waals surface area contributed by atoms with Crippen LogP contribution in [0.15, 0.2) is 0 Å². The van der Waals surface area contributed by atoms with Crippen molar-refractivity contribution >= 4 is 5.91 Å². The highest BCUT2D eigenvalue weighted by Crippen LogP contribution is 2.18. The topological polar surface area (TPSA) is 64.8 Å². The molecule has 0 bridgehead atoms. The van der Waals surface area contributed by atoms with E-state index in [4.69, 9.17) is 15.2 Å². The fourth-order valence-corrected chi connectivity index (χ4v) is 2.48. The molecule has 2 aliphatic rings. The molecule has 0 aromatic rings. The molecule has 0 aromatic carbocycles. The van der Waals surface area contributed by atoms with Crippen LogP contribution in [0.1, 0.15) is 25.7 Å².